The minimum absolute atomic E-state index is 0.0748. The molecule has 0 heterocycles. The molecule has 0 radical (unpaired) electrons. The highest BCUT2D eigenvalue weighted by Gasteiger charge is 2.11. The SMILES string of the molecule is CCC(C)C(=O)OCCCCOC(=O)c1ccc(C#N)cc1. The molecule has 0 saturated carbocycles. The zero-order chi connectivity index (χ0) is 16.4. The molecular formula is C17H21NO4. The van der Waals surface area contributed by atoms with E-state index in [-0.39, 0.29) is 18.5 Å². The van der Waals surface area contributed by atoms with E-state index in [4.69, 9.17) is 14.7 Å². The van der Waals surface area contributed by atoms with Crippen molar-refractivity contribution < 1.29 is 19.1 Å². The maximum Gasteiger partial charge on any atom is 0.338 e. The summed E-state index contributed by atoms with van der Waals surface area (Å²) < 4.78 is 10.2. The van der Waals surface area contributed by atoms with Gasteiger partial charge < -0.3 is 9.47 Å². The van der Waals surface area contributed by atoms with E-state index in [1.54, 1.807) is 24.3 Å². The van der Waals surface area contributed by atoms with Crippen molar-refractivity contribution in [3.05, 3.63) is 35.4 Å². The Hall–Kier alpha value is -2.35. The summed E-state index contributed by atoms with van der Waals surface area (Å²) in [6.07, 6.45) is 2.06. The molecule has 0 aliphatic heterocycles. The van der Waals surface area contributed by atoms with Gasteiger partial charge in [-0.2, -0.15) is 5.26 Å². The maximum absolute atomic E-state index is 11.7. The number of nitriles is 1. The second kappa shape index (κ2) is 9.56. The smallest absolute Gasteiger partial charge is 0.338 e. The van der Waals surface area contributed by atoms with Gasteiger partial charge in [-0.05, 0) is 43.5 Å². The van der Waals surface area contributed by atoms with E-state index in [0.29, 0.717) is 30.6 Å². The minimum Gasteiger partial charge on any atom is -0.465 e. The zero-order valence-corrected chi connectivity index (χ0v) is 13.0. The topological polar surface area (TPSA) is 76.4 Å². The van der Waals surface area contributed by atoms with Crippen LogP contribution in [-0.4, -0.2) is 25.2 Å². The lowest BCUT2D eigenvalue weighted by Gasteiger charge is -2.09. The number of carbonyl (C=O) groups is 2. The Balaban J connectivity index is 2.17. The summed E-state index contributed by atoms with van der Waals surface area (Å²) in [5.74, 6) is -0.674. The molecule has 0 aliphatic rings. The van der Waals surface area contributed by atoms with E-state index in [1.165, 1.54) is 0 Å². The molecule has 0 spiro atoms. The van der Waals surface area contributed by atoms with Gasteiger partial charge in [0, 0.05) is 0 Å². The lowest BCUT2D eigenvalue weighted by Crippen LogP contribution is -2.15. The first-order valence-corrected chi connectivity index (χ1v) is 7.42. The molecule has 1 aromatic rings. The molecule has 1 unspecified atom stereocenters. The Morgan fingerprint density at radius 1 is 1.14 bits per heavy atom. The van der Waals surface area contributed by atoms with E-state index in [1.807, 2.05) is 19.9 Å². The third-order valence-electron chi connectivity index (χ3n) is 3.28. The highest BCUT2D eigenvalue weighted by Crippen LogP contribution is 2.06. The number of hydrogen-bond donors (Lipinski definition) is 0. The molecule has 0 saturated heterocycles. The summed E-state index contributed by atoms with van der Waals surface area (Å²) >= 11 is 0. The first kappa shape index (κ1) is 17.7. The highest BCUT2D eigenvalue weighted by atomic mass is 16.5. The van der Waals surface area contributed by atoms with Crippen LogP contribution in [0.15, 0.2) is 24.3 Å². The first-order chi connectivity index (χ1) is 10.6. The molecule has 118 valence electrons. The van der Waals surface area contributed by atoms with E-state index in [0.717, 1.165) is 6.42 Å². The lowest BCUT2D eigenvalue weighted by atomic mass is 10.1. The Bertz CT molecular complexity index is 531. The van der Waals surface area contributed by atoms with Crippen molar-refractivity contribution in [1.82, 2.24) is 0 Å². The van der Waals surface area contributed by atoms with Gasteiger partial charge in [0.2, 0.25) is 0 Å². The molecule has 5 heteroatoms. The predicted octanol–water partition coefficient (Wildman–Crippen LogP) is 3.08. The Morgan fingerprint density at radius 3 is 2.27 bits per heavy atom. The van der Waals surface area contributed by atoms with Crippen LogP contribution in [0, 0.1) is 17.2 Å². The Kier molecular flexibility index (Phi) is 7.69. The van der Waals surface area contributed by atoms with Crippen LogP contribution in [-0.2, 0) is 14.3 Å². The fourth-order valence-electron chi connectivity index (χ4n) is 1.61. The van der Waals surface area contributed by atoms with E-state index in [9.17, 15) is 9.59 Å². The van der Waals surface area contributed by atoms with E-state index in [2.05, 4.69) is 0 Å². The monoisotopic (exact) mass is 303 g/mol. The minimum atomic E-state index is -0.416. The molecule has 0 bridgehead atoms. The number of unbranched alkanes of at least 4 members (excludes halogenated alkanes) is 1. The number of nitrogens with zero attached hydrogens (tertiary/aromatic N) is 1. The lowest BCUT2D eigenvalue weighted by molar-refractivity contribution is -0.148. The van der Waals surface area contributed by atoms with Crippen LogP contribution >= 0.6 is 0 Å². The third-order valence-corrected chi connectivity index (χ3v) is 3.28. The average Bonchev–Trinajstić information content (AvgIpc) is 2.56. The second-order valence-corrected chi connectivity index (χ2v) is 5.01. The van der Waals surface area contributed by atoms with Gasteiger partial charge in [0.05, 0.1) is 36.3 Å². The van der Waals surface area contributed by atoms with Crippen LogP contribution < -0.4 is 0 Å². The van der Waals surface area contributed by atoms with Crippen LogP contribution in [0.25, 0.3) is 0 Å². The number of ether oxygens (including phenoxy) is 2. The fraction of sp³-hybridized carbons (Fsp3) is 0.471. The van der Waals surface area contributed by atoms with Crippen molar-refractivity contribution in [3.8, 4) is 6.07 Å². The summed E-state index contributed by atoms with van der Waals surface area (Å²) in [5.41, 5.74) is 0.918. The summed E-state index contributed by atoms with van der Waals surface area (Å²) in [6.45, 7) is 4.40. The van der Waals surface area contributed by atoms with Gasteiger partial charge >= 0.3 is 11.9 Å². The maximum atomic E-state index is 11.7. The number of hydrogen-bond acceptors (Lipinski definition) is 5. The van der Waals surface area contributed by atoms with Crippen LogP contribution in [0.2, 0.25) is 0 Å². The van der Waals surface area contributed by atoms with Crippen LogP contribution in [0.1, 0.15) is 49.0 Å². The Morgan fingerprint density at radius 2 is 1.73 bits per heavy atom. The molecule has 1 rings (SSSR count). The summed E-state index contributed by atoms with van der Waals surface area (Å²) in [6, 6.07) is 8.26. The van der Waals surface area contributed by atoms with Gasteiger partial charge in [-0.1, -0.05) is 13.8 Å². The van der Waals surface area contributed by atoms with Crippen molar-refractivity contribution in [3.63, 3.8) is 0 Å². The molecule has 1 aromatic carbocycles. The highest BCUT2D eigenvalue weighted by molar-refractivity contribution is 5.89. The van der Waals surface area contributed by atoms with Gasteiger partial charge in [0.1, 0.15) is 0 Å². The summed E-state index contributed by atoms with van der Waals surface area (Å²) in [7, 11) is 0. The molecule has 0 aromatic heterocycles. The number of rotatable bonds is 8. The van der Waals surface area contributed by atoms with Gasteiger partial charge in [-0.15, -0.1) is 0 Å². The van der Waals surface area contributed by atoms with Gasteiger partial charge in [0.25, 0.3) is 0 Å². The second-order valence-electron chi connectivity index (χ2n) is 5.01. The molecule has 0 aliphatic carbocycles. The molecule has 0 fully saturated rings. The van der Waals surface area contributed by atoms with Gasteiger partial charge in [-0.25, -0.2) is 4.79 Å². The largest absolute Gasteiger partial charge is 0.465 e. The van der Waals surface area contributed by atoms with Gasteiger partial charge in [0.15, 0.2) is 0 Å². The van der Waals surface area contributed by atoms with Gasteiger partial charge in [-0.3, -0.25) is 4.79 Å². The normalized spacial score (nSPS) is 11.3. The van der Waals surface area contributed by atoms with Crippen LogP contribution in [0.3, 0.4) is 0 Å². The molecule has 22 heavy (non-hydrogen) atoms. The van der Waals surface area contributed by atoms with Crippen molar-refractivity contribution in [1.29, 1.82) is 5.26 Å². The van der Waals surface area contributed by atoms with Crippen molar-refractivity contribution >= 4 is 11.9 Å². The molecule has 5 nitrogen and oxygen atoms in total. The molecular weight excluding hydrogens is 282 g/mol. The molecule has 0 amide bonds. The average molecular weight is 303 g/mol. The number of benzene rings is 1. The number of esters is 2. The third kappa shape index (κ3) is 5.96. The molecule has 1 atom stereocenters. The van der Waals surface area contributed by atoms with Crippen molar-refractivity contribution in [2.24, 2.45) is 5.92 Å². The number of carbonyl (C=O) groups excluding carboxylic acids is 2. The van der Waals surface area contributed by atoms with Crippen LogP contribution in [0.5, 0.6) is 0 Å². The van der Waals surface area contributed by atoms with E-state index >= 15 is 0 Å². The first-order valence-electron chi connectivity index (χ1n) is 7.42. The standard InChI is InChI=1S/C17H21NO4/c1-3-13(2)16(19)21-10-4-5-11-22-17(20)15-8-6-14(12-18)7-9-15/h6-9,13H,3-5,10-11H2,1-2H3. The summed E-state index contributed by atoms with van der Waals surface area (Å²) in [5, 5.41) is 8.68. The van der Waals surface area contributed by atoms with Crippen LogP contribution in [0.4, 0.5) is 0 Å². The fourth-order valence-corrected chi connectivity index (χ4v) is 1.61. The molecule has 0 N–H and O–H groups in total. The quantitative estimate of drug-likeness (QED) is 0.545. The zero-order valence-electron chi connectivity index (χ0n) is 13.0. The van der Waals surface area contributed by atoms with E-state index < -0.39 is 5.97 Å². The Labute approximate surface area is 130 Å². The van der Waals surface area contributed by atoms with Crippen molar-refractivity contribution in [2.45, 2.75) is 33.1 Å². The van der Waals surface area contributed by atoms with Crippen molar-refractivity contribution in [2.75, 3.05) is 13.2 Å². The summed E-state index contributed by atoms with van der Waals surface area (Å²) in [4.78, 5) is 23.1. The predicted molar refractivity (Wildman–Crippen MR) is 81.1 cm³/mol.